The minimum atomic E-state index is -1.54. The Hall–Kier alpha value is -7.17. The van der Waals surface area contributed by atoms with E-state index in [2.05, 4.69) is 269 Å². The zero-order valence-corrected chi connectivity index (χ0v) is 62.5. The summed E-state index contributed by atoms with van der Waals surface area (Å²) < 4.78 is 22.9. The van der Waals surface area contributed by atoms with Gasteiger partial charge in [0, 0.05) is 12.8 Å². The van der Waals surface area contributed by atoms with Gasteiger partial charge in [0.05, 0.1) is 34.4 Å². The number of aliphatic carboxylic acids is 1. The number of hydrogen-bond acceptors (Lipinski definition) is 7. The Bertz CT molecular complexity index is 2590. The Morgan fingerprint density at radius 3 is 0.828 bits per heavy atom. The van der Waals surface area contributed by atoms with Crippen molar-refractivity contribution in [2.75, 3.05) is 47.5 Å². The van der Waals surface area contributed by atoms with E-state index in [1.54, 1.807) is 0 Å². The number of carbonyl (C=O) groups excluding carboxylic acids is 2. The minimum absolute atomic E-state index is 0.162. The summed E-state index contributed by atoms with van der Waals surface area (Å²) in [4.78, 5) is 37.7. The van der Waals surface area contributed by atoms with E-state index in [9.17, 15) is 19.5 Å². The van der Waals surface area contributed by atoms with Gasteiger partial charge < -0.3 is 28.5 Å². The van der Waals surface area contributed by atoms with Gasteiger partial charge in [0.25, 0.3) is 6.29 Å². The standard InChI is InChI=1S/C90H135NO8/c1-6-8-10-12-14-16-18-20-22-24-26-28-30-32-34-36-38-40-42-43-44-45-47-49-51-53-55-57-59-61-63-65-67-69-71-73-75-77-79-81-88(93)99-86(85-98-90(89(94)95)96-83-82-91(3,4)5)84-97-87(92)80-78-76-74-72-70-68-66-64-62-60-58-56-54-52-50-48-46-41-39-37-35-33-31-29-27-25-23-21-19-17-15-13-11-9-7-2/h8-11,14-17,20-23,26-29,32-35,38-41,43-44,47-50,53-56,59-62,65,67,71,73,86,90H,6-7,12-13,18-19,24-25,30-31,36-37,42,45-46,51-52,57-58,63-64,66,68-70,72,74-85H2,1-5H3/p+1/b10-8-,11-9-,16-14-,17-15-,22-20-,23-21-,28-26-,29-27-,34-32-,35-33-,40-38-,41-39-,44-43-,49-47-,50-48-,55-53-,56-54-,61-59-,62-60-,67-65-,73-71-. The molecule has 0 saturated heterocycles. The quantitative estimate of drug-likeness (QED) is 0.0211. The van der Waals surface area contributed by atoms with E-state index >= 15 is 0 Å². The SMILES string of the molecule is CC/C=C\C/C=C\C/C=C\C/C=C\C/C=C\C/C=C\C/C=C\C/C=C\C/C=C\C/C=C\C/C=C\C/C=C\CCCCC(=O)OC(COC(=O)CCCCCCCCC/C=C\C/C=C\C/C=C\C/C=C\C/C=C\C/C=C\C/C=C\C/C=C\C/C=C\CC)COC(OCC[N+](C)(C)C)C(=O)O. The van der Waals surface area contributed by atoms with Crippen LogP contribution in [0.25, 0.3) is 0 Å². The summed E-state index contributed by atoms with van der Waals surface area (Å²) in [5, 5.41) is 9.76. The molecule has 0 fully saturated rings. The van der Waals surface area contributed by atoms with E-state index in [0.29, 0.717) is 23.9 Å². The van der Waals surface area contributed by atoms with Crippen LogP contribution >= 0.6 is 0 Å². The van der Waals surface area contributed by atoms with Gasteiger partial charge in [-0.25, -0.2) is 4.79 Å². The third-order valence-electron chi connectivity index (χ3n) is 14.8. The number of nitrogens with zero attached hydrogens (tertiary/aromatic N) is 1. The fourth-order valence-electron chi connectivity index (χ4n) is 9.10. The van der Waals surface area contributed by atoms with Crippen LogP contribution in [0, 0.1) is 0 Å². The Morgan fingerprint density at radius 2 is 0.545 bits per heavy atom. The number of likely N-dealkylation sites (N-methyl/N-ethyl adjacent to an activating group) is 1. The van der Waals surface area contributed by atoms with Gasteiger partial charge in [0.2, 0.25) is 0 Å². The highest BCUT2D eigenvalue weighted by molar-refractivity contribution is 5.71. The van der Waals surface area contributed by atoms with Crippen molar-refractivity contribution < 1.29 is 42.9 Å². The summed E-state index contributed by atoms with van der Waals surface area (Å²) >= 11 is 0. The van der Waals surface area contributed by atoms with Crippen molar-refractivity contribution in [3.8, 4) is 0 Å². The molecule has 0 heterocycles. The van der Waals surface area contributed by atoms with E-state index in [1.807, 2.05) is 21.1 Å². The van der Waals surface area contributed by atoms with Crippen molar-refractivity contribution in [1.82, 2.24) is 0 Å². The number of allylic oxidation sites excluding steroid dienone is 42. The predicted molar refractivity (Wildman–Crippen MR) is 427 cm³/mol. The molecule has 2 atom stereocenters. The molecular formula is C90H136NO8+. The normalized spacial score (nSPS) is 14.2. The van der Waals surface area contributed by atoms with Crippen LogP contribution in [0.15, 0.2) is 255 Å². The lowest BCUT2D eigenvalue weighted by Crippen LogP contribution is -2.40. The number of carboxylic acids is 1. The number of ether oxygens (including phenoxy) is 4. The molecule has 0 aliphatic heterocycles. The van der Waals surface area contributed by atoms with Crippen LogP contribution < -0.4 is 0 Å². The van der Waals surface area contributed by atoms with Crippen LogP contribution in [-0.2, 0) is 33.3 Å². The minimum Gasteiger partial charge on any atom is -0.477 e. The van der Waals surface area contributed by atoms with Crippen LogP contribution in [-0.4, -0.2) is 87.4 Å². The van der Waals surface area contributed by atoms with Crippen molar-refractivity contribution in [3.63, 3.8) is 0 Å². The van der Waals surface area contributed by atoms with E-state index in [4.69, 9.17) is 18.9 Å². The summed E-state index contributed by atoms with van der Waals surface area (Å²) in [7, 11) is 5.94. The maximum absolute atomic E-state index is 13.0. The zero-order chi connectivity index (χ0) is 71.8. The molecule has 2 unspecified atom stereocenters. The lowest BCUT2D eigenvalue weighted by atomic mass is 10.1. The molecule has 99 heavy (non-hydrogen) atoms. The average molecular weight is 1360 g/mol. The molecule has 0 aliphatic rings. The topological polar surface area (TPSA) is 108 Å². The van der Waals surface area contributed by atoms with Crippen LogP contribution in [0.1, 0.15) is 232 Å². The maximum atomic E-state index is 13.0. The molecule has 0 rings (SSSR count). The highest BCUT2D eigenvalue weighted by Crippen LogP contribution is 2.13. The van der Waals surface area contributed by atoms with Gasteiger partial charge in [0.15, 0.2) is 6.10 Å². The van der Waals surface area contributed by atoms with Gasteiger partial charge in [-0.15, -0.1) is 0 Å². The fraction of sp³-hybridized carbons (Fsp3) is 0.500. The van der Waals surface area contributed by atoms with Crippen LogP contribution in [0.5, 0.6) is 0 Å². The molecule has 0 amide bonds. The fourth-order valence-corrected chi connectivity index (χ4v) is 9.10. The number of unbranched alkanes of at least 4 members (excludes halogenated alkanes) is 9. The first-order chi connectivity index (χ1) is 48.6. The van der Waals surface area contributed by atoms with Crippen molar-refractivity contribution >= 4 is 17.9 Å². The van der Waals surface area contributed by atoms with Crippen LogP contribution in [0.2, 0.25) is 0 Å². The molecule has 0 radical (unpaired) electrons. The van der Waals surface area contributed by atoms with Crippen molar-refractivity contribution in [1.29, 1.82) is 0 Å². The predicted octanol–water partition coefficient (Wildman–Crippen LogP) is 24.6. The number of esters is 2. The van der Waals surface area contributed by atoms with Gasteiger partial charge in [-0.3, -0.25) is 9.59 Å². The Morgan fingerprint density at radius 1 is 0.303 bits per heavy atom. The van der Waals surface area contributed by atoms with Gasteiger partial charge in [-0.2, -0.15) is 0 Å². The summed E-state index contributed by atoms with van der Waals surface area (Å²) in [6.07, 6.45) is 122. The number of carbonyl (C=O) groups is 3. The first-order valence-corrected chi connectivity index (χ1v) is 37.8. The van der Waals surface area contributed by atoms with Crippen molar-refractivity contribution in [3.05, 3.63) is 255 Å². The first kappa shape index (κ1) is 91.8. The molecule has 0 aromatic heterocycles. The number of carboxylic acid groups (broad SMARTS) is 1. The smallest absolute Gasteiger partial charge is 0.361 e. The summed E-state index contributed by atoms with van der Waals surface area (Å²) in [6.45, 7) is 4.54. The zero-order valence-electron chi connectivity index (χ0n) is 62.5. The molecular weight excluding hydrogens is 1220 g/mol. The summed E-state index contributed by atoms with van der Waals surface area (Å²) in [5.41, 5.74) is 0. The van der Waals surface area contributed by atoms with E-state index in [-0.39, 0.29) is 38.6 Å². The number of rotatable bonds is 66. The van der Waals surface area contributed by atoms with Gasteiger partial charge in [0.1, 0.15) is 13.2 Å². The van der Waals surface area contributed by atoms with Crippen LogP contribution in [0.3, 0.4) is 0 Å². The van der Waals surface area contributed by atoms with Gasteiger partial charge >= 0.3 is 17.9 Å². The van der Waals surface area contributed by atoms with Crippen LogP contribution in [0.4, 0.5) is 0 Å². The first-order valence-electron chi connectivity index (χ1n) is 37.8. The lowest BCUT2D eigenvalue weighted by Gasteiger charge is -2.25. The second-order valence-corrected chi connectivity index (χ2v) is 25.1. The molecule has 0 aromatic carbocycles. The molecule has 0 bridgehead atoms. The molecule has 548 valence electrons. The highest BCUT2D eigenvalue weighted by atomic mass is 16.7. The van der Waals surface area contributed by atoms with Gasteiger partial charge in [-0.1, -0.05) is 301 Å². The maximum Gasteiger partial charge on any atom is 0.361 e. The average Bonchev–Trinajstić information content (AvgIpc) is 1.14. The Kier molecular flexibility index (Phi) is 71.0. The second kappa shape index (κ2) is 76.6. The lowest BCUT2D eigenvalue weighted by molar-refractivity contribution is -0.870. The summed E-state index contributed by atoms with van der Waals surface area (Å²) in [6, 6.07) is 0. The molecule has 9 heteroatoms. The highest BCUT2D eigenvalue weighted by Gasteiger charge is 2.25. The molecule has 1 N–H and O–H groups in total. The van der Waals surface area contributed by atoms with Crippen molar-refractivity contribution in [2.45, 2.75) is 245 Å². The number of quaternary nitrogens is 1. The Labute approximate surface area is 604 Å². The molecule has 0 spiro atoms. The Balaban J connectivity index is 4.31. The number of hydrogen-bond donors (Lipinski definition) is 1. The van der Waals surface area contributed by atoms with Gasteiger partial charge in [-0.05, 0) is 173 Å². The van der Waals surface area contributed by atoms with E-state index < -0.39 is 24.3 Å². The van der Waals surface area contributed by atoms with E-state index in [1.165, 1.54) is 19.3 Å². The molecule has 0 saturated carbocycles. The molecule has 0 aliphatic carbocycles. The third kappa shape index (κ3) is 78.0. The largest absolute Gasteiger partial charge is 0.477 e. The van der Waals surface area contributed by atoms with Crippen molar-refractivity contribution in [2.24, 2.45) is 0 Å². The molecule has 0 aromatic rings. The monoisotopic (exact) mass is 1360 g/mol. The third-order valence-corrected chi connectivity index (χ3v) is 14.8. The second-order valence-electron chi connectivity index (χ2n) is 25.1. The van der Waals surface area contributed by atoms with E-state index in [0.717, 1.165) is 173 Å². The summed E-state index contributed by atoms with van der Waals surface area (Å²) in [5.74, 6) is -2.11. The molecule has 9 nitrogen and oxygen atoms in total.